The zero-order chi connectivity index (χ0) is 25.0. The monoisotopic (exact) mass is 489 g/mol. The number of carbonyl (C=O) groups excluding carboxylic acids is 1. The van der Waals surface area contributed by atoms with Gasteiger partial charge in [-0.1, -0.05) is 0 Å². The van der Waals surface area contributed by atoms with Crippen LogP contribution >= 0.6 is 0 Å². The van der Waals surface area contributed by atoms with E-state index in [9.17, 15) is 40.5 Å². The largest absolute Gasteiger partial charge is 0.394 e. The molecule has 3 rings (SSSR count). The predicted molar refractivity (Wildman–Crippen MR) is 115 cm³/mol. The molecule has 2 saturated heterocycles. The summed E-state index contributed by atoms with van der Waals surface area (Å²) in [5.74, 6) is 0. The zero-order valence-corrected chi connectivity index (χ0v) is 18.3. The maximum atomic E-state index is 11.4. The van der Waals surface area contributed by atoms with Gasteiger partial charge >= 0.3 is 6.03 Å². The fraction of sp³-hybridized carbons (Fsp3) is 0.650. The molecule has 0 radical (unpaired) electrons. The normalized spacial score (nSPS) is 38.2. The first-order chi connectivity index (χ1) is 16.2. The van der Waals surface area contributed by atoms with Crippen LogP contribution in [-0.4, -0.2) is 123 Å². The first kappa shape index (κ1) is 26.5. The van der Waals surface area contributed by atoms with Gasteiger partial charge in [0, 0.05) is 18.4 Å². The van der Waals surface area contributed by atoms with Gasteiger partial charge in [0.15, 0.2) is 12.5 Å². The van der Waals surface area contributed by atoms with Crippen LogP contribution in [0, 0.1) is 0 Å². The molecule has 0 saturated carbocycles. The van der Waals surface area contributed by atoms with Gasteiger partial charge in [-0.05, 0) is 24.3 Å². The molecule has 0 aliphatic carbocycles. The summed E-state index contributed by atoms with van der Waals surface area (Å²) >= 11 is 0. The summed E-state index contributed by atoms with van der Waals surface area (Å²) in [4.78, 5) is 11.4. The number of benzene rings is 1. The average molecular weight is 489 g/mol. The number of ether oxygens (including phenoxy) is 3. The van der Waals surface area contributed by atoms with Gasteiger partial charge in [-0.25, -0.2) is 4.79 Å². The van der Waals surface area contributed by atoms with Gasteiger partial charge in [0.2, 0.25) is 0 Å². The van der Waals surface area contributed by atoms with Crippen molar-refractivity contribution in [3.05, 3.63) is 24.3 Å². The number of rotatable bonds is 7. The number of carbonyl (C=O) groups is 1. The molecule has 14 nitrogen and oxygen atoms in total. The Morgan fingerprint density at radius 2 is 1.47 bits per heavy atom. The van der Waals surface area contributed by atoms with Crippen molar-refractivity contribution in [2.24, 2.45) is 0 Å². The van der Waals surface area contributed by atoms with Crippen LogP contribution in [0.2, 0.25) is 0 Å². The number of urea groups is 1. The van der Waals surface area contributed by atoms with E-state index in [1.165, 1.54) is 7.05 Å². The van der Waals surface area contributed by atoms with E-state index in [0.717, 1.165) is 0 Å². The molecule has 2 aliphatic heterocycles. The third kappa shape index (κ3) is 5.75. The minimum absolute atomic E-state index is 0.397. The van der Waals surface area contributed by atoms with Gasteiger partial charge in [0.05, 0.1) is 13.2 Å². The van der Waals surface area contributed by atoms with Crippen LogP contribution in [-0.2, 0) is 14.2 Å². The first-order valence-electron chi connectivity index (χ1n) is 10.6. The predicted octanol–water partition coefficient (Wildman–Crippen LogP) is -3.53. The quantitative estimate of drug-likeness (QED) is 0.180. The van der Waals surface area contributed by atoms with Crippen LogP contribution in [0.4, 0.5) is 16.2 Å². The van der Waals surface area contributed by atoms with Crippen LogP contribution in [0.15, 0.2) is 24.3 Å². The van der Waals surface area contributed by atoms with Crippen LogP contribution in [0.3, 0.4) is 0 Å². The third-order valence-electron chi connectivity index (χ3n) is 5.68. The summed E-state index contributed by atoms with van der Waals surface area (Å²) in [6, 6.07) is 5.98. The lowest BCUT2D eigenvalue weighted by Crippen LogP contribution is -2.65. The zero-order valence-electron chi connectivity index (χ0n) is 18.3. The molecule has 10 N–H and O–H groups in total. The molecule has 10 atom stereocenters. The Morgan fingerprint density at radius 1 is 0.853 bits per heavy atom. The lowest BCUT2D eigenvalue weighted by atomic mass is 9.96. The molecule has 0 aromatic heterocycles. The van der Waals surface area contributed by atoms with E-state index in [1.54, 1.807) is 24.3 Å². The van der Waals surface area contributed by atoms with E-state index in [2.05, 4.69) is 16.0 Å². The fourth-order valence-corrected chi connectivity index (χ4v) is 3.72. The van der Waals surface area contributed by atoms with E-state index in [0.29, 0.717) is 11.4 Å². The number of hydrogen-bond donors (Lipinski definition) is 10. The van der Waals surface area contributed by atoms with Crippen LogP contribution in [0.25, 0.3) is 0 Å². The highest BCUT2D eigenvalue weighted by Crippen LogP contribution is 2.30. The lowest BCUT2D eigenvalue weighted by Gasteiger charge is -2.46. The Balaban J connectivity index is 1.66. The third-order valence-corrected chi connectivity index (χ3v) is 5.68. The topological polar surface area (TPSA) is 222 Å². The molecule has 2 fully saturated rings. The second-order valence-corrected chi connectivity index (χ2v) is 7.98. The van der Waals surface area contributed by atoms with E-state index in [-0.39, 0.29) is 0 Å². The maximum Gasteiger partial charge on any atom is 0.318 e. The number of anilines is 2. The SMILES string of the molecule is CNC(=O)Nc1ccc(N[C@@H]2OC(CO)[C@@H](OC3OC(CO)[C@H](O)C(O)[C@@H]3O)[C@H](O)C2O)cc1. The van der Waals surface area contributed by atoms with Gasteiger partial charge in [-0.15, -0.1) is 0 Å². The Kier molecular flexibility index (Phi) is 9.00. The minimum atomic E-state index is -1.74. The molecule has 2 aliphatic rings. The van der Waals surface area contributed by atoms with Crippen LogP contribution in [0.5, 0.6) is 0 Å². The van der Waals surface area contributed by atoms with E-state index in [1.807, 2.05) is 0 Å². The van der Waals surface area contributed by atoms with Gasteiger partial charge in [0.25, 0.3) is 0 Å². The van der Waals surface area contributed by atoms with Crippen molar-refractivity contribution in [3.63, 3.8) is 0 Å². The molecule has 192 valence electrons. The van der Waals surface area contributed by atoms with Crippen molar-refractivity contribution in [1.29, 1.82) is 0 Å². The minimum Gasteiger partial charge on any atom is -0.394 e. The van der Waals surface area contributed by atoms with Gasteiger partial charge in [0.1, 0.15) is 48.8 Å². The highest BCUT2D eigenvalue weighted by Gasteiger charge is 2.50. The lowest BCUT2D eigenvalue weighted by molar-refractivity contribution is -0.340. The summed E-state index contributed by atoms with van der Waals surface area (Å²) < 4.78 is 16.4. The van der Waals surface area contributed by atoms with Crippen LogP contribution in [0.1, 0.15) is 0 Å². The standard InChI is InChI=1S/C20H31N3O11/c1-21-20(31)23-9-4-2-8(3-5-9)22-18-15(29)14(28)17(11(7-25)32-18)34-19-16(30)13(27)12(26)10(6-24)33-19/h2-5,10-19,22,24-30H,6-7H2,1H3,(H2,21,23,31)/t10?,11?,12-,13?,14+,15?,16-,17+,18+,19?/m0/s1. The smallest absolute Gasteiger partial charge is 0.318 e. The van der Waals surface area contributed by atoms with Crippen molar-refractivity contribution in [3.8, 4) is 0 Å². The molecular weight excluding hydrogens is 458 g/mol. The molecule has 2 amide bonds. The molecule has 1 aromatic carbocycles. The van der Waals surface area contributed by atoms with E-state index < -0.39 is 80.6 Å². The van der Waals surface area contributed by atoms with Crippen molar-refractivity contribution in [2.45, 2.75) is 61.3 Å². The number of amides is 2. The molecule has 5 unspecified atom stereocenters. The Hall–Kier alpha value is -2.11. The Morgan fingerprint density at radius 3 is 2.06 bits per heavy atom. The summed E-state index contributed by atoms with van der Waals surface area (Å²) in [5.41, 5.74) is 0.986. The summed E-state index contributed by atoms with van der Waals surface area (Å²) in [6.45, 7) is -1.32. The highest BCUT2D eigenvalue weighted by molar-refractivity contribution is 5.89. The first-order valence-corrected chi connectivity index (χ1v) is 10.6. The number of aliphatic hydroxyl groups is 7. The number of nitrogens with one attached hydrogen (secondary N) is 3. The van der Waals surface area contributed by atoms with Crippen LogP contribution < -0.4 is 16.0 Å². The van der Waals surface area contributed by atoms with Crippen molar-refractivity contribution >= 4 is 17.4 Å². The maximum absolute atomic E-state index is 11.4. The van der Waals surface area contributed by atoms with E-state index >= 15 is 0 Å². The molecule has 34 heavy (non-hydrogen) atoms. The fourth-order valence-electron chi connectivity index (χ4n) is 3.72. The molecule has 0 bridgehead atoms. The molecule has 0 spiro atoms. The Labute approximate surface area is 194 Å². The Bertz CT molecular complexity index is 796. The average Bonchev–Trinajstić information content (AvgIpc) is 2.84. The van der Waals surface area contributed by atoms with Gasteiger partial charge in [-0.2, -0.15) is 0 Å². The molecular formula is C20H31N3O11. The summed E-state index contributed by atoms with van der Waals surface area (Å²) in [6.07, 6.45) is -14.8. The molecule has 1 aromatic rings. The summed E-state index contributed by atoms with van der Waals surface area (Å²) in [7, 11) is 1.48. The van der Waals surface area contributed by atoms with Crippen molar-refractivity contribution in [1.82, 2.24) is 5.32 Å². The van der Waals surface area contributed by atoms with Crippen molar-refractivity contribution in [2.75, 3.05) is 30.9 Å². The van der Waals surface area contributed by atoms with Crippen molar-refractivity contribution < 1.29 is 54.8 Å². The molecule has 2 heterocycles. The van der Waals surface area contributed by atoms with Gasteiger partial charge < -0.3 is 65.9 Å². The summed E-state index contributed by atoms with van der Waals surface area (Å²) in [5, 5.41) is 78.2. The second kappa shape index (κ2) is 11.5. The number of hydrogen-bond acceptors (Lipinski definition) is 12. The molecule has 14 heteroatoms. The number of aliphatic hydroxyl groups excluding tert-OH is 7. The van der Waals surface area contributed by atoms with E-state index in [4.69, 9.17) is 14.2 Å². The van der Waals surface area contributed by atoms with Gasteiger partial charge in [-0.3, -0.25) is 0 Å². The highest BCUT2D eigenvalue weighted by atomic mass is 16.7. The second-order valence-electron chi connectivity index (χ2n) is 7.98.